The highest BCUT2D eigenvalue weighted by Gasteiger charge is 2.11. The molecule has 0 bridgehead atoms. The van der Waals surface area contributed by atoms with Crippen molar-refractivity contribution >= 4 is 17.1 Å². The Balaban J connectivity index is 1.60. The summed E-state index contributed by atoms with van der Waals surface area (Å²) in [6.45, 7) is 10.8. The first kappa shape index (κ1) is 49.8. The number of hydrogen-bond donors (Lipinski definition) is 2. The van der Waals surface area contributed by atoms with Crippen molar-refractivity contribution in [3.05, 3.63) is 103 Å². The normalized spacial score (nSPS) is 10.9. The topological polar surface area (TPSA) is 106 Å². The molecule has 0 aliphatic heterocycles. The van der Waals surface area contributed by atoms with Crippen LogP contribution in [0.25, 0.3) is 0 Å². The largest absolute Gasteiger partial charge is 0.494 e. The van der Waals surface area contributed by atoms with Gasteiger partial charge in [-0.15, -0.1) is 0 Å². The number of ether oxygens (including phenoxy) is 3. The minimum absolute atomic E-state index is 0.0823. The molecule has 332 valence electrons. The Labute approximate surface area is 361 Å². The van der Waals surface area contributed by atoms with Gasteiger partial charge in [-0.3, -0.25) is 14.4 Å². The van der Waals surface area contributed by atoms with Crippen LogP contribution in [0.5, 0.6) is 17.2 Å². The van der Waals surface area contributed by atoms with Gasteiger partial charge in [-0.05, 0) is 105 Å². The molecule has 0 aliphatic rings. The van der Waals surface area contributed by atoms with Crippen LogP contribution in [0.4, 0.5) is 17.1 Å². The van der Waals surface area contributed by atoms with Crippen LogP contribution in [0.15, 0.2) is 87.2 Å². The summed E-state index contributed by atoms with van der Waals surface area (Å²) < 4.78 is 17.9. The fraction of sp³-hybridized carbons (Fsp3) is 0.588. The molecule has 0 aliphatic carbocycles. The van der Waals surface area contributed by atoms with Crippen molar-refractivity contribution < 1.29 is 14.2 Å². The van der Waals surface area contributed by atoms with E-state index in [-0.39, 0.29) is 16.3 Å². The van der Waals surface area contributed by atoms with Crippen molar-refractivity contribution in [3.8, 4) is 17.2 Å². The van der Waals surface area contributed by atoms with E-state index in [4.69, 9.17) is 14.2 Å². The zero-order valence-corrected chi connectivity index (χ0v) is 37.4. The van der Waals surface area contributed by atoms with Crippen molar-refractivity contribution in [2.24, 2.45) is 0 Å². The van der Waals surface area contributed by atoms with Gasteiger partial charge in [-0.1, -0.05) is 117 Å². The molecule has 3 rings (SSSR count). The summed E-state index contributed by atoms with van der Waals surface area (Å²) in [4.78, 5) is 41.4. The number of nitrogens with zero attached hydrogens (tertiary/aromatic N) is 1. The molecule has 0 atom stereocenters. The van der Waals surface area contributed by atoms with Crippen LogP contribution in [-0.2, 0) is 0 Å². The zero-order chi connectivity index (χ0) is 42.9. The van der Waals surface area contributed by atoms with E-state index in [2.05, 4.69) is 36.3 Å². The lowest BCUT2D eigenvalue weighted by Crippen LogP contribution is -2.31. The van der Waals surface area contributed by atoms with Crippen LogP contribution in [-0.4, -0.2) is 46.0 Å². The molecule has 2 N–H and O–H groups in total. The summed E-state index contributed by atoms with van der Waals surface area (Å²) in [5, 5.41) is 6.63. The van der Waals surface area contributed by atoms with E-state index >= 15 is 0 Å². The SMILES string of the molecule is CCCCCCCCOc1ccc(NCCCN(CCCNc2ccc(OCCCCCCCC)ccc2=O)c2ccc(OCCCCCCCC)ccc2=O)c(=O)cc1. The highest BCUT2D eigenvalue weighted by Crippen LogP contribution is 2.17. The Morgan fingerprint density at radius 2 is 0.717 bits per heavy atom. The molecule has 0 radical (unpaired) electrons. The molecule has 0 unspecified atom stereocenters. The van der Waals surface area contributed by atoms with E-state index in [9.17, 15) is 14.4 Å². The monoisotopic (exact) mass is 828 g/mol. The van der Waals surface area contributed by atoms with Gasteiger partial charge in [0.1, 0.15) is 17.2 Å². The van der Waals surface area contributed by atoms with Crippen LogP contribution in [0, 0.1) is 0 Å². The Morgan fingerprint density at radius 1 is 0.383 bits per heavy atom. The standard InChI is InChI=1S/C51H77N3O6/c1-4-7-10-13-16-19-40-58-43-24-30-46(49(55)33-27-43)52-36-22-38-54(48-32-26-45(29-35-51(48)57)60-42-21-18-15-12-9-6-3)39-23-37-53-47-31-25-44(28-34-50(47)56)59-41-20-17-14-11-8-5-2/h24-35H,4-23,36-42H2,1-3H3,(H,52,55)(H,53,56). The third-order valence-electron chi connectivity index (χ3n) is 10.7. The lowest BCUT2D eigenvalue weighted by atomic mass is 10.1. The molecule has 9 heteroatoms. The van der Waals surface area contributed by atoms with Gasteiger partial charge in [0, 0.05) is 26.2 Å². The second-order valence-electron chi connectivity index (χ2n) is 15.9. The van der Waals surface area contributed by atoms with Gasteiger partial charge in [0.15, 0.2) is 0 Å². The fourth-order valence-electron chi connectivity index (χ4n) is 7.04. The number of rotatable bonds is 35. The van der Waals surface area contributed by atoms with Crippen molar-refractivity contribution in [1.29, 1.82) is 0 Å². The minimum atomic E-state index is -0.0960. The highest BCUT2D eigenvalue weighted by atomic mass is 16.5. The van der Waals surface area contributed by atoms with E-state index in [1.54, 1.807) is 48.5 Å². The van der Waals surface area contributed by atoms with Gasteiger partial charge < -0.3 is 29.7 Å². The second-order valence-corrected chi connectivity index (χ2v) is 15.9. The summed E-state index contributed by atoms with van der Waals surface area (Å²) in [5.41, 5.74) is 1.35. The first-order chi connectivity index (χ1) is 29.4. The Hall–Kier alpha value is -4.53. The molecule has 3 aromatic rings. The molecule has 0 saturated heterocycles. The van der Waals surface area contributed by atoms with E-state index in [1.165, 1.54) is 77.0 Å². The molecule has 0 aromatic heterocycles. The van der Waals surface area contributed by atoms with Crippen LogP contribution in [0.2, 0.25) is 0 Å². The van der Waals surface area contributed by atoms with E-state index in [0.29, 0.717) is 93.2 Å². The smallest absolute Gasteiger partial charge is 0.201 e. The summed E-state index contributed by atoms with van der Waals surface area (Å²) in [5.74, 6) is 2.06. The maximum Gasteiger partial charge on any atom is 0.201 e. The quantitative estimate of drug-likeness (QED) is 0.0561. The minimum Gasteiger partial charge on any atom is -0.494 e. The van der Waals surface area contributed by atoms with Gasteiger partial charge in [-0.2, -0.15) is 0 Å². The first-order valence-corrected chi connectivity index (χ1v) is 23.5. The van der Waals surface area contributed by atoms with Crippen molar-refractivity contribution in [2.45, 2.75) is 149 Å². The molecular weight excluding hydrogens is 751 g/mol. The summed E-state index contributed by atoms with van der Waals surface area (Å²) in [6, 6.07) is 21.0. The molecule has 3 aromatic carbocycles. The molecule has 60 heavy (non-hydrogen) atoms. The Kier molecular flexibility index (Phi) is 26.8. The van der Waals surface area contributed by atoms with Gasteiger partial charge >= 0.3 is 0 Å². The van der Waals surface area contributed by atoms with E-state index < -0.39 is 0 Å². The van der Waals surface area contributed by atoms with Crippen LogP contribution < -0.4 is 46.0 Å². The van der Waals surface area contributed by atoms with E-state index in [0.717, 1.165) is 38.5 Å². The molecule has 0 heterocycles. The van der Waals surface area contributed by atoms with E-state index in [1.807, 2.05) is 24.3 Å². The second kappa shape index (κ2) is 32.3. The third kappa shape index (κ3) is 21.6. The summed E-state index contributed by atoms with van der Waals surface area (Å²) in [7, 11) is 0. The molecular formula is C51H77N3O6. The Bertz CT molecular complexity index is 1680. The fourth-order valence-corrected chi connectivity index (χ4v) is 7.04. The van der Waals surface area contributed by atoms with Gasteiger partial charge in [-0.25, -0.2) is 0 Å². The number of nitrogens with one attached hydrogen (secondary N) is 2. The third-order valence-corrected chi connectivity index (χ3v) is 10.7. The number of anilines is 3. The van der Waals surface area contributed by atoms with Crippen LogP contribution >= 0.6 is 0 Å². The van der Waals surface area contributed by atoms with Gasteiger partial charge in [0.2, 0.25) is 16.3 Å². The zero-order valence-electron chi connectivity index (χ0n) is 37.4. The molecule has 0 spiro atoms. The molecule has 0 saturated carbocycles. The predicted molar refractivity (Wildman–Crippen MR) is 253 cm³/mol. The lowest BCUT2D eigenvalue weighted by Gasteiger charge is -2.24. The average molecular weight is 828 g/mol. The van der Waals surface area contributed by atoms with Gasteiger partial charge in [0.25, 0.3) is 0 Å². The van der Waals surface area contributed by atoms with Crippen LogP contribution in [0.3, 0.4) is 0 Å². The van der Waals surface area contributed by atoms with Gasteiger partial charge in [0.05, 0.1) is 36.9 Å². The average Bonchev–Trinajstić information content (AvgIpc) is 3.64. The lowest BCUT2D eigenvalue weighted by molar-refractivity contribution is 0.304. The molecule has 9 nitrogen and oxygen atoms in total. The number of unbranched alkanes of at least 4 members (excludes halogenated alkanes) is 15. The summed E-state index contributed by atoms with van der Waals surface area (Å²) in [6.07, 6.45) is 22.8. The first-order valence-electron chi connectivity index (χ1n) is 23.5. The van der Waals surface area contributed by atoms with Crippen LogP contribution in [0.1, 0.15) is 149 Å². The summed E-state index contributed by atoms with van der Waals surface area (Å²) >= 11 is 0. The highest BCUT2D eigenvalue weighted by molar-refractivity contribution is 5.48. The van der Waals surface area contributed by atoms with Crippen molar-refractivity contribution in [1.82, 2.24) is 0 Å². The van der Waals surface area contributed by atoms with Crippen molar-refractivity contribution in [3.63, 3.8) is 0 Å². The maximum atomic E-state index is 13.5. The predicted octanol–water partition coefficient (Wildman–Crippen LogP) is 11.8. The number of hydrogen-bond acceptors (Lipinski definition) is 9. The Morgan fingerprint density at radius 3 is 1.12 bits per heavy atom. The molecule has 0 fully saturated rings. The van der Waals surface area contributed by atoms with Crippen molar-refractivity contribution in [2.75, 3.05) is 61.5 Å². The molecule has 0 amide bonds. The maximum absolute atomic E-state index is 13.5.